The molecule has 3 aliphatic rings. The highest BCUT2D eigenvalue weighted by molar-refractivity contribution is 5.84. The van der Waals surface area contributed by atoms with Gasteiger partial charge in [-0.15, -0.1) is 0 Å². The average Bonchev–Trinajstić information content (AvgIpc) is 2.79. The molecular formula is C12H16O8. The van der Waals surface area contributed by atoms with Crippen LogP contribution < -0.4 is 0 Å². The molecule has 0 aromatic carbocycles. The van der Waals surface area contributed by atoms with Crippen molar-refractivity contribution in [2.24, 2.45) is 0 Å². The normalized spacial score (nSPS) is 51.1. The Kier molecular flexibility index (Phi) is 3.32. The standard InChI is InChI=1S/C12H16O8/c13-4-6-7(15)8(16)9-10(18-6)20-12(11(17)19-9)2-1-5(14)3-12/h1-2,5-10,13-16H,3-4H2/t5-,6-,7-,8+,9-,10+,12-/m1/s1. The molecule has 7 atom stereocenters. The van der Waals surface area contributed by atoms with Crippen molar-refractivity contribution in [3.63, 3.8) is 0 Å². The van der Waals surface area contributed by atoms with Crippen LogP contribution in [0.25, 0.3) is 0 Å². The Morgan fingerprint density at radius 1 is 1.30 bits per heavy atom. The molecule has 20 heavy (non-hydrogen) atoms. The first-order valence-corrected chi connectivity index (χ1v) is 6.35. The summed E-state index contributed by atoms with van der Waals surface area (Å²) in [7, 11) is 0. The van der Waals surface area contributed by atoms with E-state index in [1.807, 2.05) is 0 Å². The Labute approximate surface area is 114 Å². The first-order chi connectivity index (χ1) is 9.47. The van der Waals surface area contributed by atoms with Crippen LogP contribution in [0, 0.1) is 0 Å². The van der Waals surface area contributed by atoms with Crippen molar-refractivity contribution in [2.75, 3.05) is 6.61 Å². The molecule has 4 N–H and O–H groups in total. The van der Waals surface area contributed by atoms with E-state index >= 15 is 0 Å². The molecule has 112 valence electrons. The van der Waals surface area contributed by atoms with Gasteiger partial charge in [-0.05, 0) is 6.08 Å². The molecule has 8 heteroatoms. The molecule has 0 bridgehead atoms. The molecule has 0 amide bonds. The van der Waals surface area contributed by atoms with Gasteiger partial charge in [-0.1, -0.05) is 6.08 Å². The lowest BCUT2D eigenvalue weighted by Gasteiger charge is -2.47. The van der Waals surface area contributed by atoms with Crippen LogP contribution in [0.5, 0.6) is 0 Å². The number of carbonyl (C=O) groups excluding carboxylic acids is 1. The Balaban J connectivity index is 1.83. The number of hydrogen-bond donors (Lipinski definition) is 4. The minimum atomic E-state index is -1.44. The second-order valence-electron chi connectivity index (χ2n) is 5.21. The molecule has 2 fully saturated rings. The van der Waals surface area contributed by atoms with E-state index in [9.17, 15) is 20.1 Å². The number of ether oxygens (including phenoxy) is 3. The molecule has 0 saturated carbocycles. The fourth-order valence-corrected chi connectivity index (χ4v) is 2.71. The Morgan fingerprint density at radius 2 is 2.05 bits per heavy atom. The maximum absolute atomic E-state index is 12.0. The highest BCUT2D eigenvalue weighted by Gasteiger charge is 2.58. The van der Waals surface area contributed by atoms with Gasteiger partial charge in [0.15, 0.2) is 18.0 Å². The van der Waals surface area contributed by atoms with Crippen molar-refractivity contribution in [2.45, 2.75) is 48.8 Å². The summed E-state index contributed by atoms with van der Waals surface area (Å²) in [6.45, 7) is -0.510. The van der Waals surface area contributed by atoms with Gasteiger partial charge < -0.3 is 34.6 Å². The summed E-state index contributed by atoms with van der Waals surface area (Å²) in [5.74, 6) is -0.746. The third-order valence-corrected chi connectivity index (χ3v) is 3.84. The van der Waals surface area contributed by atoms with E-state index in [-0.39, 0.29) is 6.42 Å². The molecule has 1 aliphatic carbocycles. The Bertz CT molecular complexity index is 437. The van der Waals surface area contributed by atoms with Crippen molar-refractivity contribution >= 4 is 5.97 Å². The van der Waals surface area contributed by atoms with Gasteiger partial charge in [-0.3, -0.25) is 0 Å². The lowest BCUT2D eigenvalue weighted by atomic mass is 9.95. The van der Waals surface area contributed by atoms with Crippen LogP contribution in [0.15, 0.2) is 12.2 Å². The van der Waals surface area contributed by atoms with Crippen LogP contribution in [-0.4, -0.2) is 75.4 Å². The summed E-state index contributed by atoms with van der Waals surface area (Å²) in [5.41, 5.74) is -1.44. The SMILES string of the molecule is O=C1O[C@H]2[C@@H](O[C@H](CO)[C@@H](O)[C@@H]2O)O[C@@]12C=C[C@@H](O)C2. The first-order valence-electron chi connectivity index (χ1n) is 6.35. The predicted molar refractivity (Wildman–Crippen MR) is 61.2 cm³/mol. The number of esters is 1. The number of rotatable bonds is 1. The lowest BCUT2D eigenvalue weighted by Crippen LogP contribution is -2.66. The summed E-state index contributed by atoms with van der Waals surface area (Å²) in [5, 5.41) is 38.3. The molecule has 2 saturated heterocycles. The zero-order chi connectivity index (χ0) is 14.5. The third-order valence-electron chi connectivity index (χ3n) is 3.84. The average molecular weight is 288 g/mol. The van der Waals surface area contributed by atoms with Gasteiger partial charge in [-0.2, -0.15) is 0 Å². The van der Waals surface area contributed by atoms with Crippen LogP contribution in [-0.2, 0) is 19.0 Å². The lowest BCUT2D eigenvalue weighted by molar-refractivity contribution is -0.345. The number of hydrogen-bond acceptors (Lipinski definition) is 8. The molecule has 2 aliphatic heterocycles. The van der Waals surface area contributed by atoms with Crippen LogP contribution in [0.1, 0.15) is 6.42 Å². The third kappa shape index (κ3) is 1.96. The Morgan fingerprint density at radius 3 is 2.65 bits per heavy atom. The minimum absolute atomic E-state index is 0.000847. The van der Waals surface area contributed by atoms with E-state index < -0.39 is 55.0 Å². The zero-order valence-electron chi connectivity index (χ0n) is 10.5. The molecule has 0 unspecified atom stereocenters. The van der Waals surface area contributed by atoms with E-state index in [1.54, 1.807) is 0 Å². The van der Waals surface area contributed by atoms with Gasteiger partial charge in [0.1, 0.15) is 18.3 Å². The van der Waals surface area contributed by atoms with Crippen molar-refractivity contribution in [1.29, 1.82) is 0 Å². The highest BCUT2D eigenvalue weighted by Crippen LogP contribution is 2.38. The number of aliphatic hydroxyl groups is 4. The fraction of sp³-hybridized carbons (Fsp3) is 0.750. The van der Waals surface area contributed by atoms with Crippen molar-refractivity contribution in [3.8, 4) is 0 Å². The largest absolute Gasteiger partial charge is 0.452 e. The summed E-state index contributed by atoms with van der Waals surface area (Å²) in [6, 6.07) is 0. The topological polar surface area (TPSA) is 126 Å². The van der Waals surface area contributed by atoms with E-state index in [2.05, 4.69) is 0 Å². The van der Waals surface area contributed by atoms with Gasteiger partial charge >= 0.3 is 5.97 Å². The molecule has 2 heterocycles. The quantitative estimate of drug-likeness (QED) is 0.306. The van der Waals surface area contributed by atoms with Crippen LogP contribution in [0.3, 0.4) is 0 Å². The van der Waals surface area contributed by atoms with Crippen molar-refractivity contribution in [3.05, 3.63) is 12.2 Å². The fourth-order valence-electron chi connectivity index (χ4n) is 2.71. The Hall–Kier alpha value is -1.03. The van der Waals surface area contributed by atoms with Gasteiger partial charge in [0.05, 0.1) is 12.7 Å². The number of fused-ring (bicyclic) bond motifs is 1. The van der Waals surface area contributed by atoms with Gasteiger partial charge in [0.2, 0.25) is 0 Å². The van der Waals surface area contributed by atoms with Gasteiger partial charge in [-0.25, -0.2) is 4.79 Å². The highest BCUT2D eigenvalue weighted by atomic mass is 16.8. The molecule has 0 radical (unpaired) electrons. The second-order valence-corrected chi connectivity index (χ2v) is 5.21. The molecule has 0 aromatic rings. The molecule has 8 nitrogen and oxygen atoms in total. The zero-order valence-corrected chi connectivity index (χ0v) is 10.5. The van der Waals surface area contributed by atoms with Crippen molar-refractivity contribution < 1.29 is 39.4 Å². The van der Waals surface area contributed by atoms with E-state index in [0.29, 0.717) is 0 Å². The van der Waals surface area contributed by atoms with Crippen LogP contribution >= 0.6 is 0 Å². The van der Waals surface area contributed by atoms with Gasteiger partial charge in [0, 0.05) is 6.42 Å². The minimum Gasteiger partial charge on any atom is -0.452 e. The predicted octanol–water partition coefficient (Wildman–Crippen LogP) is -2.57. The van der Waals surface area contributed by atoms with E-state index in [4.69, 9.17) is 19.3 Å². The maximum atomic E-state index is 12.0. The smallest absolute Gasteiger partial charge is 0.343 e. The molecule has 3 rings (SSSR count). The van der Waals surface area contributed by atoms with Crippen molar-refractivity contribution in [1.82, 2.24) is 0 Å². The summed E-state index contributed by atoms with van der Waals surface area (Å²) in [4.78, 5) is 12.0. The summed E-state index contributed by atoms with van der Waals surface area (Å²) >= 11 is 0. The van der Waals surface area contributed by atoms with Gasteiger partial charge in [0.25, 0.3) is 0 Å². The van der Waals surface area contributed by atoms with E-state index in [1.165, 1.54) is 12.2 Å². The monoisotopic (exact) mass is 288 g/mol. The van der Waals surface area contributed by atoms with Crippen LogP contribution in [0.4, 0.5) is 0 Å². The summed E-state index contributed by atoms with van der Waals surface area (Å²) in [6.07, 6.45) is -4.12. The molecule has 0 aromatic heterocycles. The maximum Gasteiger partial charge on any atom is 0.343 e. The van der Waals surface area contributed by atoms with Crippen LogP contribution in [0.2, 0.25) is 0 Å². The van der Waals surface area contributed by atoms with E-state index in [0.717, 1.165) is 0 Å². The molecule has 1 spiro atoms. The molecular weight excluding hydrogens is 272 g/mol. The summed E-state index contributed by atoms with van der Waals surface area (Å²) < 4.78 is 16.0. The second kappa shape index (κ2) is 4.76. The first kappa shape index (κ1) is 13.9. The number of aliphatic hydroxyl groups excluding tert-OH is 4. The number of carbonyl (C=O) groups is 1.